The summed E-state index contributed by atoms with van der Waals surface area (Å²) in [6.07, 6.45) is 1.93. The Morgan fingerprint density at radius 3 is 2.53 bits per heavy atom. The molecule has 0 spiro atoms. The minimum Gasteiger partial charge on any atom is -0.399 e. The molecule has 2 heteroatoms. The van der Waals surface area contributed by atoms with E-state index in [4.69, 9.17) is 4.84 Å². The predicted molar refractivity (Wildman–Crippen MR) is 62.0 cm³/mol. The Kier molecular flexibility index (Phi) is 2.51. The van der Waals surface area contributed by atoms with E-state index in [1.54, 1.807) is 7.11 Å². The van der Waals surface area contributed by atoms with Crippen molar-refractivity contribution in [1.82, 2.24) is 0 Å². The highest BCUT2D eigenvalue weighted by atomic mass is 16.6. The van der Waals surface area contributed by atoms with Gasteiger partial charge in [0.2, 0.25) is 0 Å². The molecule has 2 atom stereocenters. The van der Waals surface area contributed by atoms with Gasteiger partial charge in [-0.1, -0.05) is 49.3 Å². The molecule has 0 N–H and O–H groups in total. The molecule has 0 radical (unpaired) electrons. The highest BCUT2D eigenvalue weighted by Gasteiger charge is 2.57. The van der Waals surface area contributed by atoms with Crippen molar-refractivity contribution in [3.8, 4) is 0 Å². The van der Waals surface area contributed by atoms with Gasteiger partial charge in [0.05, 0.1) is 0 Å². The lowest BCUT2D eigenvalue weighted by Crippen LogP contribution is -1.91. The lowest BCUT2D eigenvalue weighted by atomic mass is 10.0. The Balaban J connectivity index is 2.16. The van der Waals surface area contributed by atoms with Gasteiger partial charge in [0.25, 0.3) is 0 Å². The van der Waals surface area contributed by atoms with Gasteiger partial charge in [0.1, 0.15) is 7.11 Å². The van der Waals surface area contributed by atoms with Gasteiger partial charge in [-0.15, -0.1) is 0 Å². The van der Waals surface area contributed by atoms with Crippen molar-refractivity contribution in [1.29, 1.82) is 0 Å². The van der Waals surface area contributed by atoms with Crippen LogP contribution in [0.2, 0.25) is 0 Å². The molecular weight excluding hydrogens is 186 g/mol. The van der Waals surface area contributed by atoms with E-state index in [1.165, 1.54) is 5.56 Å². The molecular formula is C13H17NO. The number of hydrogen-bond donors (Lipinski definition) is 0. The third-order valence-electron chi connectivity index (χ3n) is 3.40. The summed E-state index contributed by atoms with van der Waals surface area (Å²) in [5, 5.41) is 3.88. The van der Waals surface area contributed by atoms with E-state index in [9.17, 15) is 0 Å². The van der Waals surface area contributed by atoms with Crippen LogP contribution in [0, 0.1) is 11.3 Å². The molecule has 1 aromatic rings. The highest BCUT2D eigenvalue weighted by molar-refractivity contribution is 5.69. The quantitative estimate of drug-likeness (QED) is 0.546. The first kappa shape index (κ1) is 10.2. The first-order chi connectivity index (χ1) is 7.18. The SMILES string of the molecule is CO/N=C\[C@H]1[C@H](c2ccccc2)C1(C)C. The van der Waals surface area contributed by atoms with E-state index in [0.717, 1.165) is 0 Å². The van der Waals surface area contributed by atoms with Crippen molar-refractivity contribution in [2.75, 3.05) is 7.11 Å². The van der Waals surface area contributed by atoms with Gasteiger partial charge >= 0.3 is 0 Å². The van der Waals surface area contributed by atoms with Crippen LogP contribution in [0.25, 0.3) is 0 Å². The maximum absolute atomic E-state index is 4.74. The van der Waals surface area contributed by atoms with E-state index in [-0.39, 0.29) is 0 Å². The van der Waals surface area contributed by atoms with Crippen molar-refractivity contribution >= 4 is 6.21 Å². The zero-order chi connectivity index (χ0) is 10.9. The number of oxime groups is 1. The molecule has 15 heavy (non-hydrogen) atoms. The predicted octanol–water partition coefficient (Wildman–Crippen LogP) is 3.06. The molecule has 2 rings (SSSR count). The summed E-state index contributed by atoms with van der Waals surface area (Å²) in [6, 6.07) is 10.6. The van der Waals surface area contributed by atoms with E-state index in [2.05, 4.69) is 49.3 Å². The largest absolute Gasteiger partial charge is 0.399 e. The first-order valence-electron chi connectivity index (χ1n) is 5.29. The molecule has 80 valence electrons. The van der Waals surface area contributed by atoms with Gasteiger partial charge in [-0.2, -0.15) is 0 Å². The third-order valence-corrected chi connectivity index (χ3v) is 3.40. The van der Waals surface area contributed by atoms with Gasteiger partial charge in [-0.3, -0.25) is 0 Å². The summed E-state index contributed by atoms with van der Waals surface area (Å²) in [4.78, 5) is 4.74. The molecule has 0 amide bonds. The van der Waals surface area contributed by atoms with Crippen LogP contribution in [0.15, 0.2) is 35.5 Å². The molecule has 2 nitrogen and oxygen atoms in total. The van der Waals surface area contributed by atoms with Gasteiger partial charge in [-0.25, -0.2) is 0 Å². The van der Waals surface area contributed by atoms with Crippen LogP contribution in [-0.2, 0) is 4.84 Å². The fourth-order valence-electron chi connectivity index (χ4n) is 2.38. The Morgan fingerprint density at radius 2 is 1.93 bits per heavy atom. The second-order valence-electron chi connectivity index (χ2n) is 4.67. The zero-order valence-corrected chi connectivity index (χ0v) is 9.47. The molecule has 1 saturated carbocycles. The van der Waals surface area contributed by atoms with Crippen molar-refractivity contribution in [3.63, 3.8) is 0 Å². The van der Waals surface area contributed by atoms with Crippen LogP contribution in [0.5, 0.6) is 0 Å². The fourth-order valence-corrected chi connectivity index (χ4v) is 2.38. The first-order valence-corrected chi connectivity index (χ1v) is 5.29. The average molecular weight is 203 g/mol. The monoisotopic (exact) mass is 203 g/mol. The van der Waals surface area contributed by atoms with Gasteiger partial charge in [0.15, 0.2) is 0 Å². The summed E-state index contributed by atoms with van der Waals surface area (Å²) in [5.74, 6) is 1.08. The van der Waals surface area contributed by atoms with Crippen LogP contribution in [0.1, 0.15) is 25.3 Å². The number of benzene rings is 1. The van der Waals surface area contributed by atoms with E-state index < -0.39 is 0 Å². The fraction of sp³-hybridized carbons (Fsp3) is 0.462. The lowest BCUT2D eigenvalue weighted by molar-refractivity contribution is 0.214. The van der Waals surface area contributed by atoms with Crippen LogP contribution >= 0.6 is 0 Å². The molecule has 1 aliphatic carbocycles. The molecule has 0 aromatic heterocycles. The highest BCUT2D eigenvalue weighted by Crippen LogP contribution is 2.63. The molecule has 1 fully saturated rings. The van der Waals surface area contributed by atoms with Gasteiger partial charge < -0.3 is 4.84 Å². The molecule has 0 unspecified atom stereocenters. The number of nitrogens with zero attached hydrogens (tertiary/aromatic N) is 1. The summed E-state index contributed by atoms with van der Waals surface area (Å²) in [5.41, 5.74) is 1.71. The second-order valence-corrected chi connectivity index (χ2v) is 4.67. The lowest BCUT2D eigenvalue weighted by Gasteiger charge is -2.01. The Labute approximate surface area is 90.9 Å². The normalized spacial score (nSPS) is 27.9. The average Bonchev–Trinajstić information content (AvgIpc) is 2.79. The van der Waals surface area contributed by atoms with E-state index >= 15 is 0 Å². The topological polar surface area (TPSA) is 21.6 Å². The molecule has 1 aliphatic rings. The summed E-state index contributed by atoms with van der Waals surface area (Å²) in [7, 11) is 1.59. The third kappa shape index (κ3) is 1.76. The minimum absolute atomic E-state index is 0.309. The molecule has 0 heterocycles. The number of rotatable bonds is 3. The van der Waals surface area contributed by atoms with Crippen molar-refractivity contribution < 1.29 is 4.84 Å². The van der Waals surface area contributed by atoms with Crippen molar-refractivity contribution in [2.45, 2.75) is 19.8 Å². The molecule has 1 aromatic carbocycles. The smallest absolute Gasteiger partial charge is 0.106 e. The Bertz CT molecular complexity index is 356. The van der Waals surface area contributed by atoms with Crippen LogP contribution in [0.3, 0.4) is 0 Å². The summed E-state index contributed by atoms with van der Waals surface area (Å²) in [6.45, 7) is 4.55. The van der Waals surface area contributed by atoms with Gasteiger partial charge in [-0.05, 0) is 16.9 Å². The summed E-state index contributed by atoms with van der Waals surface area (Å²) < 4.78 is 0. The molecule has 0 saturated heterocycles. The Morgan fingerprint density at radius 1 is 1.27 bits per heavy atom. The maximum atomic E-state index is 4.74. The maximum Gasteiger partial charge on any atom is 0.106 e. The van der Waals surface area contributed by atoms with E-state index in [1.807, 2.05) is 6.21 Å². The molecule has 0 aliphatic heterocycles. The molecule has 0 bridgehead atoms. The van der Waals surface area contributed by atoms with Crippen LogP contribution in [-0.4, -0.2) is 13.3 Å². The van der Waals surface area contributed by atoms with Crippen LogP contribution < -0.4 is 0 Å². The second kappa shape index (κ2) is 3.69. The Hall–Kier alpha value is -1.31. The van der Waals surface area contributed by atoms with E-state index in [0.29, 0.717) is 17.3 Å². The van der Waals surface area contributed by atoms with Crippen molar-refractivity contribution in [3.05, 3.63) is 35.9 Å². The van der Waals surface area contributed by atoms with Gasteiger partial charge in [0, 0.05) is 12.1 Å². The minimum atomic E-state index is 0.309. The van der Waals surface area contributed by atoms with Crippen LogP contribution in [0.4, 0.5) is 0 Å². The van der Waals surface area contributed by atoms with Crippen molar-refractivity contribution in [2.24, 2.45) is 16.5 Å². The zero-order valence-electron chi connectivity index (χ0n) is 9.47. The summed E-state index contributed by atoms with van der Waals surface area (Å²) >= 11 is 0. The number of hydrogen-bond acceptors (Lipinski definition) is 2. The standard InChI is InChI=1S/C13H17NO/c1-13(2)11(9-14-15-3)12(13)10-7-5-4-6-8-10/h4-9,11-12H,1-3H3/b14-9-/t11-,12-/m0/s1.